The van der Waals surface area contributed by atoms with Gasteiger partial charge in [-0.25, -0.2) is 0 Å². The predicted octanol–water partition coefficient (Wildman–Crippen LogP) is 4.71. The molecule has 1 aliphatic rings. The van der Waals surface area contributed by atoms with E-state index in [0.717, 1.165) is 24.8 Å². The Bertz CT molecular complexity index is 964. The lowest BCUT2D eigenvalue weighted by atomic mass is 9.95. The van der Waals surface area contributed by atoms with Crippen molar-refractivity contribution in [1.82, 2.24) is 4.90 Å². The van der Waals surface area contributed by atoms with Crippen LogP contribution >= 0.6 is 0 Å². The molecule has 0 bridgehead atoms. The van der Waals surface area contributed by atoms with E-state index in [2.05, 4.69) is 6.92 Å². The van der Waals surface area contributed by atoms with E-state index in [-0.39, 0.29) is 11.3 Å². The van der Waals surface area contributed by atoms with Gasteiger partial charge in [-0.2, -0.15) is 0 Å². The smallest absolute Gasteiger partial charge is 0.295 e. The van der Waals surface area contributed by atoms with Crippen molar-refractivity contribution in [2.75, 3.05) is 20.3 Å². The molecule has 2 aromatic carbocycles. The molecular formula is C25H29NO5. The average Bonchev–Trinajstić information content (AvgIpc) is 3.04. The molecule has 31 heavy (non-hydrogen) atoms. The number of amides is 1. The number of hydrogen-bond acceptors (Lipinski definition) is 5. The minimum atomic E-state index is -0.682. The fourth-order valence-corrected chi connectivity index (χ4v) is 3.89. The van der Waals surface area contributed by atoms with E-state index >= 15 is 0 Å². The molecule has 1 amide bonds. The van der Waals surface area contributed by atoms with Gasteiger partial charge in [0, 0.05) is 6.54 Å². The first-order chi connectivity index (χ1) is 15.0. The highest BCUT2D eigenvalue weighted by Gasteiger charge is 2.46. The number of nitrogens with zero attached hydrogens (tertiary/aromatic N) is 1. The maximum atomic E-state index is 13.0. The monoisotopic (exact) mass is 423 g/mol. The van der Waals surface area contributed by atoms with E-state index in [9.17, 15) is 14.7 Å². The van der Waals surface area contributed by atoms with Crippen LogP contribution in [0.5, 0.6) is 11.5 Å². The number of likely N-dealkylation sites (tertiary alicyclic amines) is 1. The van der Waals surface area contributed by atoms with Gasteiger partial charge in [-0.1, -0.05) is 44.0 Å². The van der Waals surface area contributed by atoms with Crippen molar-refractivity contribution < 1.29 is 24.2 Å². The molecule has 0 aromatic heterocycles. The molecule has 6 nitrogen and oxygen atoms in total. The second-order valence-electron chi connectivity index (χ2n) is 7.40. The standard InChI is InChI=1S/C25H29NO5/c1-4-6-9-16-26-22(17-12-14-18(15-13-17)31-5-2)21(24(28)25(26)29)23(27)19-10-7-8-11-20(19)30-3/h7-8,10-15,22,27H,4-6,9,16H2,1-3H3/b23-21-. The molecule has 1 N–H and O–H groups in total. The lowest BCUT2D eigenvalue weighted by molar-refractivity contribution is -0.139. The second kappa shape index (κ2) is 10.2. The lowest BCUT2D eigenvalue weighted by Gasteiger charge is -2.25. The molecule has 6 heteroatoms. The Labute approximate surface area is 183 Å². The molecule has 0 saturated carbocycles. The normalized spacial score (nSPS) is 17.8. The largest absolute Gasteiger partial charge is 0.507 e. The summed E-state index contributed by atoms with van der Waals surface area (Å²) >= 11 is 0. The lowest BCUT2D eigenvalue weighted by Crippen LogP contribution is -2.30. The Morgan fingerprint density at radius 1 is 1.03 bits per heavy atom. The number of Topliss-reactive ketones (excluding diaryl/α,β-unsaturated/α-hetero) is 1. The summed E-state index contributed by atoms with van der Waals surface area (Å²) in [6.07, 6.45) is 2.73. The van der Waals surface area contributed by atoms with E-state index < -0.39 is 17.7 Å². The number of para-hydroxylation sites is 1. The fraction of sp³-hybridized carbons (Fsp3) is 0.360. The predicted molar refractivity (Wildman–Crippen MR) is 119 cm³/mol. The first kappa shape index (κ1) is 22.4. The van der Waals surface area contributed by atoms with Gasteiger partial charge in [0.2, 0.25) is 0 Å². The van der Waals surface area contributed by atoms with Crippen molar-refractivity contribution in [2.45, 2.75) is 39.2 Å². The summed E-state index contributed by atoms with van der Waals surface area (Å²) in [6.45, 7) is 4.98. The van der Waals surface area contributed by atoms with Gasteiger partial charge < -0.3 is 19.5 Å². The van der Waals surface area contributed by atoms with Gasteiger partial charge in [-0.15, -0.1) is 0 Å². The molecule has 1 unspecified atom stereocenters. The average molecular weight is 424 g/mol. The zero-order valence-electron chi connectivity index (χ0n) is 18.3. The maximum absolute atomic E-state index is 13.0. The number of ketones is 1. The SMILES string of the molecule is CCCCCN1C(=O)C(=O)/C(=C(\O)c2ccccc2OC)C1c1ccc(OCC)cc1. The third-order valence-electron chi connectivity index (χ3n) is 5.41. The van der Waals surface area contributed by atoms with E-state index in [1.54, 1.807) is 29.2 Å². The highest BCUT2D eigenvalue weighted by atomic mass is 16.5. The van der Waals surface area contributed by atoms with Crippen molar-refractivity contribution in [3.05, 3.63) is 65.2 Å². The van der Waals surface area contributed by atoms with Crippen LogP contribution in [0.15, 0.2) is 54.1 Å². The zero-order chi connectivity index (χ0) is 22.4. The number of carbonyl (C=O) groups excluding carboxylic acids is 2. The Morgan fingerprint density at radius 2 is 1.74 bits per heavy atom. The van der Waals surface area contributed by atoms with Crippen molar-refractivity contribution >= 4 is 17.4 Å². The topological polar surface area (TPSA) is 76.1 Å². The van der Waals surface area contributed by atoms with Crippen molar-refractivity contribution in [2.24, 2.45) is 0 Å². The molecular weight excluding hydrogens is 394 g/mol. The number of rotatable bonds is 9. The van der Waals surface area contributed by atoms with E-state index in [1.165, 1.54) is 7.11 Å². The summed E-state index contributed by atoms with van der Waals surface area (Å²) in [5, 5.41) is 11.2. The summed E-state index contributed by atoms with van der Waals surface area (Å²) in [4.78, 5) is 27.5. The van der Waals surface area contributed by atoms with Crippen molar-refractivity contribution in [1.29, 1.82) is 0 Å². The van der Waals surface area contributed by atoms with Gasteiger partial charge in [-0.05, 0) is 43.2 Å². The van der Waals surface area contributed by atoms with E-state index in [0.29, 0.717) is 30.2 Å². The third-order valence-corrected chi connectivity index (χ3v) is 5.41. The maximum Gasteiger partial charge on any atom is 0.295 e. The van der Waals surface area contributed by atoms with Gasteiger partial charge >= 0.3 is 0 Å². The molecule has 2 aromatic rings. The quantitative estimate of drug-likeness (QED) is 0.274. The number of unbranched alkanes of at least 4 members (excludes halogenated alkanes) is 2. The molecule has 0 radical (unpaired) electrons. The second-order valence-corrected chi connectivity index (χ2v) is 7.40. The third kappa shape index (κ3) is 4.58. The Hall–Kier alpha value is -3.28. The van der Waals surface area contributed by atoms with Crippen LogP contribution in [0, 0.1) is 0 Å². The highest BCUT2D eigenvalue weighted by Crippen LogP contribution is 2.41. The molecule has 1 saturated heterocycles. The van der Waals surface area contributed by atoms with Crippen LogP contribution in [-0.4, -0.2) is 42.0 Å². The summed E-state index contributed by atoms with van der Waals surface area (Å²) in [5.41, 5.74) is 1.21. The molecule has 0 spiro atoms. The number of aliphatic hydroxyl groups excluding tert-OH is 1. The highest BCUT2D eigenvalue weighted by molar-refractivity contribution is 6.46. The number of aliphatic hydroxyl groups is 1. The minimum absolute atomic E-state index is 0.0789. The van der Waals surface area contributed by atoms with Crippen LogP contribution in [-0.2, 0) is 9.59 Å². The van der Waals surface area contributed by atoms with Gasteiger partial charge in [0.15, 0.2) is 0 Å². The van der Waals surface area contributed by atoms with Crippen LogP contribution in [0.3, 0.4) is 0 Å². The molecule has 164 valence electrons. The number of benzene rings is 2. The van der Waals surface area contributed by atoms with Crippen molar-refractivity contribution in [3.63, 3.8) is 0 Å². The van der Waals surface area contributed by atoms with Gasteiger partial charge in [0.05, 0.1) is 30.9 Å². The number of carbonyl (C=O) groups is 2. The summed E-state index contributed by atoms with van der Waals surface area (Å²) in [6, 6.07) is 13.5. The van der Waals surface area contributed by atoms with Crippen LogP contribution in [0.1, 0.15) is 50.3 Å². The first-order valence-electron chi connectivity index (χ1n) is 10.7. The first-order valence-corrected chi connectivity index (χ1v) is 10.7. The molecule has 0 aliphatic carbocycles. The minimum Gasteiger partial charge on any atom is -0.507 e. The Morgan fingerprint density at radius 3 is 2.39 bits per heavy atom. The number of methoxy groups -OCH3 is 1. The Kier molecular flexibility index (Phi) is 7.34. The molecule has 1 fully saturated rings. The van der Waals surface area contributed by atoms with E-state index in [4.69, 9.17) is 9.47 Å². The van der Waals surface area contributed by atoms with Crippen LogP contribution in [0.2, 0.25) is 0 Å². The summed E-state index contributed by atoms with van der Waals surface area (Å²) < 4.78 is 10.9. The summed E-state index contributed by atoms with van der Waals surface area (Å²) in [7, 11) is 1.50. The molecule has 3 rings (SSSR count). The Balaban J connectivity index is 2.12. The van der Waals surface area contributed by atoms with Crippen LogP contribution in [0.4, 0.5) is 0 Å². The van der Waals surface area contributed by atoms with Gasteiger partial charge in [-0.3, -0.25) is 9.59 Å². The van der Waals surface area contributed by atoms with Crippen LogP contribution in [0.25, 0.3) is 5.76 Å². The van der Waals surface area contributed by atoms with Gasteiger partial charge in [0.1, 0.15) is 17.3 Å². The zero-order valence-corrected chi connectivity index (χ0v) is 18.3. The number of hydrogen-bond donors (Lipinski definition) is 1. The van der Waals surface area contributed by atoms with E-state index in [1.807, 2.05) is 31.2 Å². The van der Waals surface area contributed by atoms with Crippen LogP contribution < -0.4 is 9.47 Å². The molecule has 1 aliphatic heterocycles. The number of ether oxygens (including phenoxy) is 2. The molecule has 1 heterocycles. The summed E-state index contributed by atoms with van der Waals surface area (Å²) in [5.74, 6) is -0.362. The van der Waals surface area contributed by atoms with Gasteiger partial charge in [0.25, 0.3) is 11.7 Å². The van der Waals surface area contributed by atoms with Crippen molar-refractivity contribution in [3.8, 4) is 11.5 Å². The fourth-order valence-electron chi connectivity index (χ4n) is 3.89. The molecule has 1 atom stereocenters.